The molecule has 1 N–H and O–H groups in total. The summed E-state index contributed by atoms with van der Waals surface area (Å²) in [5.41, 5.74) is 2.74. The largest absolute Gasteiger partial charge is 0.493 e. The summed E-state index contributed by atoms with van der Waals surface area (Å²) in [5, 5.41) is 3.60. The first-order chi connectivity index (χ1) is 13.2. The molecule has 0 aliphatic rings. The second-order valence-electron chi connectivity index (χ2n) is 7.00. The van der Waals surface area contributed by atoms with Crippen LogP contribution in [0.25, 0.3) is 0 Å². The molecule has 1 atom stereocenters. The Morgan fingerprint density at radius 2 is 1.68 bits per heavy atom. The van der Waals surface area contributed by atoms with Crippen molar-refractivity contribution in [2.75, 3.05) is 7.11 Å². The van der Waals surface area contributed by atoms with Gasteiger partial charge in [0.2, 0.25) is 0 Å². The first-order valence-electron chi connectivity index (χ1n) is 9.26. The van der Waals surface area contributed by atoms with E-state index < -0.39 is 6.10 Å². The predicted molar refractivity (Wildman–Crippen MR) is 112 cm³/mol. The average molecular weight is 406 g/mol. The Balaban J connectivity index is 1.97. The smallest absolute Gasteiger partial charge is 0.261 e. The third-order valence-corrected chi connectivity index (χ3v) is 4.75. The van der Waals surface area contributed by atoms with Gasteiger partial charge in [-0.15, -0.1) is 0 Å². The fourth-order valence-electron chi connectivity index (χ4n) is 2.74. The molecule has 0 saturated heterocycles. The molecule has 0 aliphatic carbocycles. The van der Waals surface area contributed by atoms with Gasteiger partial charge in [-0.3, -0.25) is 4.79 Å². The van der Waals surface area contributed by atoms with E-state index in [-0.39, 0.29) is 12.0 Å². The highest BCUT2D eigenvalue weighted by molar-refractivity contribution is 6.32. The van der Waals surface area contributed by atoms with Gasteiger partial charge in [-0.1, -0.05) is 17.7 Å². The van der Waals surface area contributed by atoms with Gasteiger partial charge in [0.05, 0.1) is 13.2 Å². The number of benzene rings is 2. The van der Waals surface area contributed by atoms with E-state index in [1.807, 2.05) is 58.0 Å². The van der Waals surface area contributed by atoms with Crippen molar-refractivity contribution in [1.29, 1.82) is 0 Å². The lowest BCUT2D eigenvalue weighted by molar-refractivity contribution is -0.127. The van der Waals surface area contributed by atoms with Crippen molar-refractivity contribution < 1.29 is 19.0 Å². The van der Waals surface area contributed by atoms with Crippen molar-refractivity contribution >= 4 is 17.5 Å². The molecular formula is C22H28ClNO4. The number of amides is 1. The molecule has 2 rings (SSSR count). The molecule has 1 amide bonds. The molecule has 0 aliphatic heterocycles. The monoisotopic (exact) mass is 405 g/mol. The molecule has 0 saturated carbocycles. The van der Waals surface area contributed by atoms with Crippen molar-refractivity contribution in [3.05, 3.63) is 52.0 Å². The number of ether oxygens (including phenoxy) is 3. The van der Waals surface area contributed by atoms with Crippen LogP contribution in [0.5, 0.6) is 17.2 Å². The van der Waals surface area contributed by atoms with Crippen LogP contribution < -0.4 is 19.5 Å². The maximum Gasteiger partial charge on any atom is 0.261 e. The van der Waals surface area contributed by atoms with Gasteiger partial charge in [0.1, 0.15) is 5.75 Å². The number of carbonyl (C=O) groups is 1. The second kappa shape index (κ2) is 9.69. The van der Waals surface area contributed by atoms with Crippen molar-refractivity contribution in [2.45, 2.75) is 53.4 Å². The Bertz CT molecular complexity index is 812. The zero-order valence-electron chi connectivity index (χ0n) is 17.3. The standard InChI is InChI=1S/C22H28ClNO4/c1-13(2)27-19-8-7-17(11-20(19)26-6)12-24-22(25)16(5)28-18-9-14(3)21(23)15(4)10-18/h7-11,13,16H,12H2,1-6H3,(H,24,25). The van der Waals surface area contributed by atoms with Gasteiger partial charge in [0, 0.05) is 11.6 Å². The summed E-state index contributed by atoms with van der Waals surface area (Å²) in [6.07, 6.45) is -0.581. The molecule has 5 nitrogen and oxygen atoms in total. The number of carbonyl (C=O) groups excluding carboxylic acids is 1. The summed E-state index contributed by atoms with van der Waals surface area (Å²) in [6, 6.07) is 9.27. The number of methoxy groups -OCH3 is 1. The summed E-state index contributed by atoms with van der Waals surface area (Å²) in [4.78, 5) is 12.4. The van der Waals surface area contributed by atoms with Crippen molar-refractivity contribution in [1.82, 2.24) is 5.32 Å². The minimum atomic E-state index is -0.634. The van der Waals surface area contributed by atoms with Crippen molar-refractivity contribution in [3.63, 3.8) is 0 Å². The second-order valence-corrected chi connectivity index (χ2v) is 7.38. The zero-order valence-corrected chi connectivity index (χ0v) is 18.0. The number of hydrogen-bond donors (Lipinski definition) is 1. The Morgan fingerprint density at radius 1 is 1.04 bits per heavy atom. The van der Waals surface area contributed by atoms with Gasteiger partial charge < -0.3 is 19.5 Å². The summed E-state index contributed by atoms with van der Waals surface area (Å²) >= 11 is 6.18. The van der Waals surface area contributed by atoms with E-state index >= 15 is 0 Å². The average Bonchev–Trinajstić information content (AvgIpc) is 2.64. The van der Waals surface area contributed by atoms with Gasteiger partial charge in [-0.05, 0) is 75.6 Å². The summed E-state index contributed by atoms with van der Waals surface area (Å²) in [6.45, 7) is 9.82. The van der Waals surface area contributed by atoms with Crippen LogP contribution in [0.2, 0.25) is 5.02 Å². The van der Waals surface area contributed by atoms with E-state index in [9.17, 15) is 4.79 Å². The molecular weight excluding hydrogens is 378 g/mol. The van der Waals surface area contributed by atoms with E-state index in [4.69, 9.17) is 25.8 Å². The highest BCUT2D eigenvalue weighted by atomic mass is 35.5. The Hall–Kier alpha value is -2.40. The number of halogens is 1. The van der Waals surface area contributed by atoms with Crippen molar-refractivity contribution in [2.24, 2.45) is 0 Å². The summed E-state index contributed by atoms with van der Waals surface area (Å²) in [5.74, 6) is 1.74. The molecule has 2 aromatic carbocycles. The molecule has 152 valence electrons. The number of hydrogen-bond acceptors (Lipinski definition) is 4. The third kappa shape index (κ3) is 5.80. The minimum absolute atomic E-state index is 0.0533. The molecule has 0 spiro atoms. The fourth-order valence-corrected chi connectivity index (χ4v) is 2.85. The lowest BCUT2D eigenvalue weighted by atomic mass is 10.1. The van der Waals surface area contributed by atoms with E-state index in [1.165, 1.54) is 0 Å². The van der Waals surface area contributed by atoms with Crippen LogP contribution >= 0.6 is 11.6 Å². The van der Waals surface area contributed by atoms with Crippen LogP contribution in [0.3, 0.4) is 0 Å². The van der Waals surface area contributed by atoms with Crippen LogP contribution in [0.1, 0.15) is 37.5 Å². The molecule has 0 fully saturated rings. The van der Waals surface area contributed by atoms with Crippen LogP contribution in [0, 0.1) is 13.8 Å². The lowest BCUT2D eigenvalue weighted by Gasteiger charge is -2.17. The third-order valence-electron chi connectivity index (χ3n) is 4.15. The topological polar surface area (TPSA) is 56.8 Å². The zero-order chi connectivity index (χ0) is 20.8. The Morgan fingerprint density at radius 3 is 2.25 bits per heavy atom. The molecule has 2 aromatic rings. The normalized spacial score (nSPS) is 11.9. The van der Waals surface area contributed by atoms with Gasteiger partial charge >= 0.3 is 0 Å². The highest BCUT2D eigenvalue weighted by Crippen LogP contribution is 2.29. The van der Waals surface area contributed by atoms with E-state index in [2.05, 4.69) is 5.32 Å². The molecule has 1 unspecified atom stereocenters. The molecule has 0 radical (unpaired) electrons. The lowest BCUT2D eigenvalue weighted by Crippen LogP contribution is -2.35. The maximum atomic E-state index is 12.4. The van der Waals surface area contributed by atoms with E-state index in [1.54, 1.807) is 14.0 Å². The minimum Gasteiger partial charge on any atom is -0.493 e. The van der Waals surface area contributed by atoms with Crippen LogP contribution in [0.15, 0.2) is 30.3 Å². The van der Waals surface area contributed by atoms with E-state index in [0.717, 1.165) is 16.7 Å². The predicted octanol–water partition coefficient (Wildman–Crippen LogP) is 4.84. The SMILES string of the molecule is COc1cc(CNC(=O)C(C)Oc2cc(C)c(Cl)c(C)c2)ccc1OC(C)C. The fraction of sp³-hybridized carbons (Fsp3) is 0.409. The first kappa shape index (κ1) is 21.9. The molecule has 28 heavy (non-hydrogen) atoms. The molecule has 0 heterocycles. The highest BCUT2D eigenvalue weighted by Gasteiger charge is 2.16. The summed E-state index contributed by atoms with van der Waals surface area (Å²) in [7, 11) is 1.59. The maximum absolute atomic E-state index is 12.4. The quantitative estimate of drug-likeness (QED) is 0.683. The number of aryl methyl sites for hydroxylation is 2. The van der Waals surface area contributed by atoms with Crippen LogP contribution in [-0.4, -0.2) is 25.2 Å². The number of nitrogens with one attached hydrogen (secondary N) is 1. The Kier molecular flexibility index (Phi) is 7.58. The van der Waals surface area contributed by atoms with Gasteiger partial charge in [-0.25, -0.2) is 0 Å². The number of rotatable bonds is 8. The van der Waals surface area contributed by atoms with Gasteiger partial charge in [0.25, 0.3) is 5.91 Å². The molecule has 6 heteroatoms. The van der Waals surface area contributed by atoms with Crippen LogP contribution in [-0.2, 0) is 11.3 Å². The van der Waals surface area contributed by atoms with Gasteiger partial charge in [-0.2, -0.15) is 0 Å². The molecule has 0 bridgehead atoms. The molecule has 0 aromatic heterocycles. The Labute approximate surface area is 171 Å². The first-order valence-corrected chi connectivity index (χ1v) is 9.63. The van der Waals surface area contributed by atoms with Crippen molar-refractivity contribution in [3.8, 4) is 17.2 Å². The van der Waals surface area contributed by atoms with E-state index in [0.29, 0.717) is 28.8 Å². The van der Waals surface area contributed by atoms with Gasteiger partial charge in [0.15, 0.2) is 17.6 Å². The van der Waals surface area contributed by atoms with Crippen LogP contribution in [0.4, 0.5) is 0 Å². The summed E-state index contributed by atoms with van der Waals surface area (Å²) < 4.78 is 16.9.